The van der Waals surface area contributed by atoms with Crippen molar-refractivity contribution in [2.45, 2.75) is 32.2 Å². The van der Waals surface area contributed by atoms with Crippen LogP contribution in [-0.2, 0) is 0 Å². The molecule has 18 heavy (non-hydrogen) atoms. The summed E-state index contributed by atoms with van der Waals surface area (Å²) in [5.41, 5.74) is 8.75. The predicted molar refractivity (Wildman–Crippen MR) is 80.5 cm³/mol. The third-order valence-corrected chi connectivity index (χ3v) is 4.69. The lowest BCUT2D eigenvalue weighted by atomic mass is 9.96. The maximum atomic E-state index is 6.24. The monoisotopic (exact) mass is 279 g/mol. The van der Waals surface area contributed by atoms with E-state index in [-0.39, 0.29) is 6.04 Å². The molecule has 0 spiro atoms. The van der Waals surface area contributed by atoms with Gasteiger partial charge in [-0.15, -0.1) is 11.3 Å². The predicted octanol–water partition coefficient (Wildman–Crippen LogP) is 4.96. The molecule has 96 valence electrons. The summed E-state index contributed by atoms with van der Waals surface area (Å²) in [4.78, 5) is 1.11. The van der Waals surface area contributed by atoms with Gasteiger partial charge in [-0.3, -0.25) is 0 Å². The Morgan fingerprint density at radius 3 is 2.22 bits per heavy atom. The highest BCUT2D eigenvalue weighted by atomic mass is 35.5. The van der Waals surface area contributed by atoms with Crippen LogP contribution in [0.15, 0.2) is 36.4 Å². The van der Waals surface area contributed by atoms with Crippen molar-refractivity contribution >= 4 is 22.9 Å². The van der Waals surface area contributed by atoms with Crippen molar-refractivity contribution < 1.29 is 0 Å². The maximum Gasteiger partial charge on any atom is 0.0931 e. The number of rotatable bonds is 4. The van der Waals surface area contributed by atoms with Crippen molar-refractivity contribution in [2.75, 3.05) is 0 Å². The first-order chi connectivity index (χ1) is 8.61. The number of thiophene rings is 1. The van der Waals surface area contributed by atoms with Gasteiger partial charge in [0.05, 0.1) is 10.4 Å². The van der Waals surface area contributed by atoms with Crippen molar-refractivity contribution in [3.63, 3.8) is 0 Å². The Labute approximate surface area is 118 Å². The molecule has 0 amide bonds. The molecule has 0 saturated heterocycles. The van der Waals surface area contributed by atoms with Crippen LogP contribution in [0.3, 0.4) is 0 Å². The van der Waals surface area contributed by atoms with Crippen molar-refractivity contribution in [1.82, 2.24) is 0 Å². The molecule has 1 heterocycles. The molecule has 0 radical (unpaired) electrons. The van der Waals surface area contributed by atoms with Crippen LogP contribution in [-0.4, -0.2) is 0 Å². The summed E-state index contributed by atoms with van der Waals surface area (Å²) in [6, 6.07) is 12.4. The molecule has 2 atom stereocenters. The molecule has 1 aromatic carbocycles. The van der Waals surface area contributed by atoms with Gasteiger partial charge < -0.3 is 5.73 Å². The van der Waals surface area contributed by atoms with E-state index < -0.39 is 0 Å². The lowest BCUT2D eigenvalue weighted by Gasteiger charge is -2.13. The average molecular weight is 280 g/mol. The van der Waals surface area contributed by atoms with Crippen LogP contribution in [0, 0.1) is 0 Å². The first-order valence-electron chi connectivity index (χ1n) is 6.22. The Hall–Kier alpha value is -0.830. The van der Waals surface area contributed by atoms with Gasteiger partial charge in [0, 0.05) is 4.88 Å². The topological polar surface area (TPSA) is 26.0 Å². The van der Waals surface area contributed by atoms with E-state index in [1.807, 2.05) is 12.1 Å². The van der Waals surface area contributed by atoms with E-state index in [0.717, 1.165) is 21.2 Å². The van der Waals surface area contributed by atoms with Gasteiger partial charge in [-0.2, -0.15) is 0 Å². The fourth-order valence-electron chi connectivity index (χ4n) is 1.93. The molecule has 2 rings (SSSR count). The number of halogens is 1. The minimum Gasteiger partial charge on any atom is -0.320 e. The largest absolute Gasteiger partial charge is 0.320 e. The van der Waals surface area contributed by atoms with Gasteiger partial charge in [-0.1, -0.05) is 49.7 Å². The van der Waals surface area contributed by atoms with Crippen molar-refractivity contribution in [1.29, 1.82) is 0 Å². The minimum absolute atomic E-state index is 0.0755. The zero-order valence-electron chi connectivity index (χ0n) is 10.7. The van der Waals surface area contributed by atoms with Gasteiger partial charge in [0.15, 0.2) is 0 Å². The second-order valence-electron chi connectivity index (χ2n) is 4.60. The van der Waals surface area contributed by atoms with E-state index >= 15 is 0 Å². The van der Waals surface area contributed by atoms with E-state index in [4.69, 9.17) is 17.3 Å². The smallest absolute Gasteiger partial charge is 0.0931 e. The van der Waals surface area contributed by atoms with Crippen LogP contribution in [0.4, 0.5) is 0 Å². The SMILES string of the molecule is CCC(C)c1ccc(C(N)c2ccc(Cl)s2)cc1. The van der Waals surface area contributed by atoms with Gasteiger partial charge in [0.2, 0.25) is 0 Å². The van der Waals surface area contributed by atoms with E-state index in [2.05, 4.69) is 38.1 Å². The molecule has 0 aliphatic heterocycles. The standard InChI is InChI=1S/C15H18ClNS/c1-3-10(2)11-4-6-12(7-5-11)15(17)13-8-9-14(16)18-13/h4-10,15H,3,17H2,1-2H3. The zero-order chi connectivity index (χ0) is 13.1. The van der Waals surface area contributed by atoms with Crippen LogP contribution >= 0.6 is 22.9 Å². The van der Waals surface area contributed by atoms with Gasteiger partial charge >= 0.3 is 0 Å². The molecule has 2 N–H and O–H groups in total. The third kappa shape index (κ3) is 2.94. The van der Waals surface area contributed by atoms with Gasteiger partial charge in [0.1, 0.15) is 0 Å². The molecule has 1 nitrogen and oxygen atoms in total. The maximum absolute atomic E-state index is 6.24. The van der Waals surface area contributed by atoms with Crippen LogP contribution < -0.4 is 5.73 Å². The molecule has 0 aliphatic rings. The molecule has 0 aliphatic carbocycles. The molecule has 0 bridgehead atoms. The van der Waals surface area contributed by atoms with Crippen LogP contribution in [0.5, 0.6) is 0 Å². The second-order valence-corrected chi connectivity index (χ2v) is 6.34. The highest BCUT2D eigenvalue weighted by Crippen LogP contribution is 2.30. The Kier molecular flexibility index (Phi) is 4.44. The van der Waals surface area contributed by atoms with Gasteiger partial charge in [0.25, 0.3) is 0 Å². The highest BCUT2D eigenvalue weighted by molar-refractivity contribution is 7.16. The molecule has 2 aromatic rings. The van der Waals surface area contributed by atoms with Gasteiger partial charge in [-0.05, 0) is 35.6 Å². The molecule has 2 unspecified atom stereocenters. The first kappa shape index (κ1) is 13.6. The highest BCUT2D eigenvalue weighted by Gasteiger charge is 2.11. The van der Waals surface area contributed by atoms with Crippen LogP contribution in [0.1, 0.15) is 48.2 Å². The summed E-state index contributed by atoms with van der Waals surface area (Å²) in [6.07, 6.45) is 1.16. The van der Waals surface area contributed by atoms with Crippen LogP contribution in [0.25, 0.3) is 0 Å². The van der Waals surface area contributed by atoms with Crippen LogP contribution in [0.2, 0.25) is 4.34 Å². The summed E-state index contributed by atoms with van der Waals surface area (Å²) < 4.78 is 0.789. The number of benzene rings is 1. The second kappa shape index (κ2) is 5.87. The summed E-state index contributed by atoms with van der Waals surface area (Å²) in [6.45, 7) is 4.45. The number of nitrogens with two attached hydrogens (primary N) is 1. The molecule has 3 heteroatoms. The summed E-state index contributed by atoms with van der Waals surface area (Å²) in [7, 11) is 0. The molecule has 1 aromatic heterocycles. The fraction of sp³-hybridized carbons (Fsp3) is 0.333. The van der Waals surface area contributed by atoms with Gasteiger partial charge in [-0.25, -0.2) is 0 Å². The van der Waals surface area contributed by atoms with Crippen molar-refractivity contribution in [2.24, 2.45) is 5.73 Å². The third-order valence-electron chi connectivity index (χ3n) is 3.38. The van der Waals surface area contributed by atoms with E-state index in [1.165, 1.54) is 5.56 Å². The number of hydrogen-bond acceptors (Lipinski definition) is 2. The summed E-state index contributed by atoms with van der Waals surface area (Å²) >= 11 is 7.49. The van der Waals surface area contributed by atoms with Crippen molar-refractivity contribution in [3.05, 3.63) is 56.7 Å². The Bertz CT molecular complexity index is 503. The molecular formula is C15H18ClNS. The summed E-state index contributed by atoms with van der Waals surface area (Å²) in [5.74, 6) is 0.603. The minimum atomic E-state index is -0.0755. The fourth-order valence-corrected chi connectivity index (χ4v) is 3.02. The van der Waals surface area contributed by atoms with E-state index in [1.54, 1.807) is 11.3 Å². The lowest BCUT2D eigenvalue weighted by molar-refractivity contribution is 0.732. The normalized spacial score (nSPS) is 14.4. The Morgan fingerprint density at radius 1 is 1.11 bits per heavy atom. The lowest BCUT2D eigenvalue weighted by Crippen LogP contribution is -2.10. The average Bonchev–Trinajstić information content (AvgIpc) is 2.84. The van der Waals surface area contributed by atoms with E-state index in [9.17, 15) is 0 Å². The zero-order valence-corrected chi connectivity index (χ0v) is 12.3. The Morgan fingerprint density at radius 2 is 1.72 bits per heavy atom. The van der Waals surface area contributed by atoms with Crippen molar-refractivity contribution in [3.8, 4) is 0 Å². The number of hydrogen-bond donors (Lipinski definition) is 1. The Balaban J connectivity index is 2.19. The summed E-state index contributed by atoms with van der Waals surface area (Å²) in [5, 5.41) is 0. The first-order valence-corrected chi connectivity index (χ1v) is 7.42. The molecular weight excluding hydrogens is 262 g/mol. The van der Waals surface area contributed by atoms with E-state index in [0.29, 0.717) is 5.92 Å². The quantitative estimate of drug-likeness (QED) is 0.841. The molecule has 0 saturated carbocycles. The molecule has 0 fully saturated rings.